The average Bonchev–Trinajstić information content (AvgIpc) is 3.27. The summed E-state index contributed by atoms with van der Waals surface area (Å²) in [4.78, 5) is 6.65. The van der Waals surface area contributed by atoms with Gasteiger partial charge in [0.1, 0.15) is 23.4 Å². The van der Waals surface area contributed by atoms with E-state index < -0.39 is 0 Å². The summed E-state index contributed by atoms with van der Waals surface area (Å²) >= 11 is 5.59. The molecular weight excluding hydrogens is 361 g/mol. The molecule has 0 saturated carbocycles. The number of thiocarbonyl (C=S) groups is 1. The van der Waals surface area contributed by atoms with Crippen LogP contribution in [0.2, 0.25) is 0 Å². The molecule has 4 rings (SSSR count). The molecular formula is C21H20FN3OS. The number of nitrogens with one attached hydrogen (secondary N) is 1. The van der Waals surface area contributed by atoms with Crippen molar-refractivity contribution in [2.45, 2.75) is 32.0 Å². The van der Waals surface area contributed by atoms with Crippen molar-refractivity contribution in [3.05, 3.63) is 78.1 Å². The molecule has 0 amide bonds. The fourth-order valence-electron chi connectivity index (χ4n) is 3.51. The molecule has 0 radical (unpaired) electrons. The van der Waals surface area contributed by atoms with Gasteiger partial charge in [-0.1, -0.05) is 6.07 Å². The van der Waals surface area contributed by atoms with Gasteiger partial charge in [-0.25, -0.2) is 4.39 Å². The van der Waals surface area contributed by atoms with E-state index in [9.17, 15) is 4.39 Å². The van der Waals surface area contributed by atoms with Crippen LogP contribution >= 0.6 is 12.2 Å². The highest BCUT2D eigenvalue weighted by molar-refractivity contribution is 7.80. The maximum Gasteiger partial charge on any atom is 0.170 e. The van der Waals surface area contributed by atoms with Crippen molar-refractivity contribution in [1.29, 1.82) is 0 Å². The number of hydrogen-bond donors (Lipinski definition) is 1. The highest BCUT2D eigenvalue weighted by Gasteiger charge is 2.42. The van der Waals surface area contributed by atoms with Gasteiger partial charge in [-0.05, 0) is 74.6 Å². The van der Waals surface area contributed by atoms with Gasteiger partial charge in [0, 0.05) is 17.8 Å². The van der Waals surface area contributed by atoms with Crippen molar-refractivity contribution >= 4 is 17.3 Å². The Balaban J connectivity index is 1.74. The van der Waals surface area contributed by atoms with Gasteiger partial charge in [-0.3, -0.25) is 4.98 Å². The number of furan rings is 1. The fraction of sp³-hybridized carbons (Fsp3) is 0.238. The van der Waals surface area contributed by atoms with Crippen LogP contribution in [0.3, 0.4) is 0 Å². The van der Waals surface area contributed by atoms with Crippen LogP contribution in [-0.2, 0) is 0 Å². The number of nitrogens with zero attached hydrogens (tertiary/aromatic N) is 2. The number of benzene rings is 1. The molecule has 3 aromatic rings. The van der Waals surface area contributed by atoms with Crippen LogP contribution in [0.15, 0.2) is 65.2 Å². The lowest BCUT2D eigenvalue weighted by molar-refractivity contribution is 0.237. The van der Waals surface area contributed by atoms with E-state index in [0.29, 0.717) is 10.9 Å². The van der Waals surface area contributed by atoms with Gasteiger partial charge in [0.2, 0.25) is 0 Å². The fourth-order valence-corrected chi connectivity index (χ4v) is 3.96. The molecule has 1 saturated heterocycles. The van der Waals surface area contributed by atoms with Crippen LogP contribution in [0.25, 0.3) is 11.3 Å². The van der Waals surface area contributed by atoms with Crippen LogP contribution in [0, 0.1) is 5.82 Å². The van der Waals surface area contributed by atoms with Crippen molar-refractivity contribution in [1.82, 2.24) is 15.2 Å². The molecule has 2 atom stereocenters. The van der Waals surface area contributed by atoms with Crippen molar-refractivity contribution in [3.8, 4) is 11.3 Å². The molecule has 0 aliphatic carbocycles. The minimum Gasteiger partial charge on any atom is -0.459 e. The molecule has 4 nitrogen and oxygen atoms in total. The van der Waals surface area contributed by atoms with Crippen molar-refractivity contribution in [3.63, 3.8) is 0 Å². The van der Waals surface area contributed by atoms with E-state index >= 15 is 0 Å². The van der Waals surface area contributed by atoms with Crippen LogP contribution in [0.4, 0.5) is 4.39 Å². The van der Waals surface area contributed by atoms with Gasteiger partial charge < -0.3 is 14.6 Å². The Kier molecular flexibility index (Phi) is 4.66. The molecule has 0 unspecified atom stereocenters. The van der Waals surface area contributed by atoms with Crippen molar-refractivity contribution < 1.29 is 8.81 Å². The predicted octanol–water partition coefficient (Wildman–Crippen LogP) is 4.86. The lowest BCUT2D eigenvalue weighted by Crippen LogP contribution is -2.35. The Morgan fingerprint density at radius 2 is 1.89 bits per heavy atom. The highest BCUT2D eigenvalue weighted by atomic mass is 32.1. The van der Waals surface area contributed by atoms with E-state index in [0.717, 1.165) is 17.0 Å². The summed E-state index contributed by atoms with van der Waals surface area (Å²) in [6.45, 7) is 4.21. The first-order valence-electron chi connectivity index (χ1n) is 8.90. The van der Waals surface area contributed by atoms with Gasteiger partial charge in [-0.2, -0.15) is 0 Å². The molecule has 1 aliphatic rings. The Labute approximate surface area is 163 Å². The van der Waals surface area contributed by atoms with Gasteiger partial charge in [0.05, 0.1) is 11.7 Å². The summed E-state index contributed by atoms with van der Waals surface area (Å²) in [6, 6.07) is 16.0. The molecule has 1 aromatic carbocycles. The average molecular weight is 381 g/mol. The third kappa shape index (κ3) is 3.32. The van der Waals surface area contributed by atoms with E-state index in [4.69, 9.17) is 16.6 Å². The van der Waals surface area contributed by atoms with Crippen LogP contribution in [0.1, 0.15) is 37.4 Å². The zero-order valence-electron chi connectivity index (χ0n) is 15.1. The molecule has 2 aromatic heterocycles. The summed E-state index contributed by atoms with van der Waals surface area (Å²) in [5.74, 6) is 1.23. The second kappa shape index (κ2) is 7.12. The molecule has 1 fully saturated rings. The second-order valence-corrected chi connectivity index (χ2v) is 7.22. The second-order valence-electron chi connectivity index (χ2n) is 6.84. The molecule has 6 heteroatoms. The SMILES string of the molecule is CC(C)N1C(=S)N[C@H](c2ccccn2)[C@H]1c1ccc(-c2ccc(F)cc2)o1. The monoisotopic (exact) mass is 381 g/mol. The third-order valence-corrected chi connectivity index (χ3v) is 5.07. The molecule has 1 aliphatic heterocycles. The maximum absolute atomic E-state index is 13.2. The smallest absolute Gasteiger partial charge is 0.170 e. The zero-order chi connectivity index (χ0) is 19.0. The highest BCUT2D eigenvalue weighted by Crippen LogP contribution is 2.41. The molecule has 1 N–H and O–H groups in total. The summed E-state index contributed by atoms with van der Waals surface area (Å²) in [5.41, 5.74) is 1.74. The first-order chi connectivity index (χ1) is 13.0. The molecule has 27 heavy (non-hydrogen) atoms. The Morgan fingerprint density at radius 3 is 2.56 bits per heavy atom. The van der Waals surface area contributed by atoms with Gasteiger partial charge in [0.15, 0.2) is 5.11 Å². The third-order valence-electron chi connectivity index (χ3n) is 4.74. The topological polar surface area (TPSA) is 41.3 Å². The Morgan fingerprint density at radius 1 is 1.11 bits per heavy atom. The standard InChI is InChI=1S/C21H20FN3OS/c1-13(2)25-20(19(24-21(25)27)16-5-3-4-12-23-16)18-11-10-17(26-18)14-6-8-15(22)9-7-14/h3-13,19-20H,1-2H3,(H,24,27)/t19-,20-/m1/s1. The van der Waals surface area contributed by atoms with E-state index in [1.54, 1.807) is 18.3 Å². The van der Waals surface area contributed by atoms with E-state index in [1.165, 1.54) is 12.1 Å². The van der Waals surface area contributed by atoms with Gasteiger partial charge in [0.25, 0.3) is 0 Å². The van der Waals surface area contributed by atoms with Gasteiger partial charge in [-0.15, -0.1) is 0 Å². The Hall–Kier alpha value is -2.73. The summed E-state index contributed by atoms with van der Waals surface area (Å²) in [7, 11) is 0. The van der Waals surface area contributed by atoms with E-state index in [1.807, 2.05) is 30.3 Å². The predicted molar refractivity (Wildman–Crippen MR) is 107 cm³/mol. The van der Waals surface area contributed by atoms with Crippen molar-refractivity contribution in [2.24, 2.45) is 0 Å². The lowest BCUT2D eigenvalue weighted by Gasteiger charge is -2.29. The number of hydrogen-bond acceptors (Lipinski definition) is 3. The summed E-state index contributed by atoms with van der Waals surface area (Å²) in [6.07, 6.45) is 1.78. The maximum atomic E-state index is 13.2. The van der Waals surface area contributed by atoms with Crippen LogP contribution < -0.4 is 5.32 Å². The Bertz CT molecular complexity index is 940. The quantitative estimate of drug-likeness (QED) is 0.654. The van der Waals surface area contributed by atoms with Gasteiger partial charge >= 0.3 is 0 Å². The number of rotatable bonds is 4. The van der Waals surface area contributed by atoms with Crippen LogP contribution in [-0.4, -0.2) is 21.0 Å². The van der Waals surface area contributed by atoms with E-state index in [-0.39, 0.29) is 23.9 Å². The van der Waals surface area contributed by atoms with Crippen molar-refractivity contribution in [2.75, 3.05) is 0 Å². The molecule has 0 bridgehead atoms. The lowest BCUT2D eigenvalue weighted by atomic mass is 10.0. The minimum absolute atomic E-state index is 0.103. The largest absolute Gasteiger partial charge is 0.459 e. The summed E-state index contributed by atoms with van der Waals surface area (Å²) < 4.78 is 19.4. The summed E-state index contributed by atoms with van der Waals surface area (Å²) in [5, 5.41) is 4.08. The number of halogens is 1. The van der Waals surface area contributed by atoms with Crippen LogP contribution in [0.5, 0.6) is 0 Å². The minimum atomic E-state index is -0.267. The first-order valence-corrected chi connectivity index (χ1v) is 9.31. The zero-order valence-corrected chi connectivity index (χ0v) is 15.9. The normalized spacial score (nSPS) is 19.6. The molecule has 3 heterocycles. The number of aromatic nitrogens is 1. The first kappa shape index (κ1) is 17.7. The molecule has 0 spiro atoms. The number of pyridine rings is 1. The van der Waals surface area contributed by atoms with E-state index in [2.05, 4.69) is 29.0 Å². The molecule has 138 valence electrons.